The van der Waals surface area contributed by atoms with E-state index in [-0.39, 0.29) is 11.7 Å². The van der Waals surface area contributed by atoms with Gasteiger partial charge in [0.2, 0.25) is 0 Å². The first-order valence-corrected chi connectivity index (χ1v) is 7.25. The number of carbonyl (C=O) groups is 1. The van der Waals surface area contributed by atoms with Gasteiger partial charge >= 0.3 is 0 Å². The molecule has 0 saturated carbocycles. The molecule has 1 aromatic heterocycles. The molecule has 0 aromatic carbocycles. The van der Waals surface area contributed by atoms with Crippen LogP contribution in [0.2, 0.25) is 0 Å². The maximum Gasteiger partial charge on any atom is 0.265 e. The molecule has 7 heteroatoms. The molecule has 0 aliphatic carbocycles. The van der Waals surface area contributed by atoms with Gasteiger partial charge in [-0.1, -0.05) is 18.3 Å². The van der Waals surface area contributed by atoms with Gasteiger partial charge in [0.25, 0.3) is 5.91 Å². The molecule has 0 radical (unpaired) electrons. The topological polar surface area (TPSA) is 80.5 Å². The number of carbonyl (C=O) groups excluding carboxylic acids is 1. The number of nitrogen functional groups attached to an aromatic ring is 1. The van der Waals surface area contributed by atoms with Crippen LogP contribution < -0.4 is 16.0 Å². The molecule has 0 aliphatic heterocycles. The highest BCUT2D eigenvalue weighted by molar-refractivity contribution is 7.18. The summed E-state index contributed by atoms with van der Waals surface area (Å²) >= 11 is 1.32. The highest BCUT2D eigenvalue weighted by Gasteiger charge is 2.17. The number of ether oxygens (including phenoxy) is 1. The van der Waals surface area contributed by atoms with E-state index in [0.717, 1.165) is 18.1 Å². The van der Waals surface area contributed by atoms with Crippen molar-refractivity contribution in [3.05, 3.63) is 4.88 Å². The minimum absolute atomic E-state index is 0.189. The Kier molecular flexibility index (Phi) is 6.58. The molecule has 1 heterocycles. The number of nitrogens with one attached hydrogen (secondary N) is 1. The van der Waals surface area contributed by atoms with Crippen LogP contribution >= 0.6 is 11.3 Å². The maximum absolute atomic E-state index is 11.9. The van der Waals surface area contributed by atoms with Crippen molar-refractivity contribution in [1.82, 2.24) is 10.3 Å². The number of hydrogen-bond donors (Lipinski definition) is 2. The fourth-order valence-electron chi connectivity index (χ4n) is 1.54. The number of nitrogens with zero attached hydrogens (tertiary/aromatic N) is 2. The second kappa shape index (κ2) is 7.96. The molecule has 6 nitrogen and oxygen atoms in total. The van der Waals surface area contributed by atoms with Gasteiger partial charge in [0.05, 0.1) is 6.61 Å². The summed E-state index contributed by atoms with van der Waals surface area (Å²) in [6.45, 7) is 6.52. The third kappa shape index (κ3) is 4.68. The van der Waals surface area contributed by atoms with Gasteiger partial charge in [0, 0.05) is 26.7 Å². The van der Waals surface area contributed by atoms with Crippen molar-refractivity contribution in [3.63, 3.8) is 0 Å². The van der Waals surface area contributed by atoms with Gasteiger partial charge in [-0.2, -0.15) is 0 Å². The van der Waals surface area contributed by atoms with Gasteiger partial charge in [-0.05, 0) is 13.3 Å². The summed E-state index contributed by atoms with van der Waals surface area (Å²) in [6, 6.07) is 0. The first-order chi connectivity index (χ1) is 9.10. The fraction of sp³-hybridized carbons (Fsp3) is 0.667. The average molecular weight is 286 g/mol. The summed E-state index contributed by atoms with van der Waals surface area (Å²) < 4.78 is 5.16. The van der Waals surface area contributed by atoms with E-state index < -0.39 is 0 Å². The summed E-state index contributed by atoms with van der Waals surface area (Å²) in [6.07, 6.45) is 1.02. The van der Waals surface area contributed by atoms with E-state index in [1.54, 1.807) is 0 Å². The highest BCUT2D eigenvalue weighted by atomic mass is 32.1. The Bertz CT molecular complexity index is 408. The lowest BCUT2D eigenvalue weighted by molar-refractivity contribution is 0.0927. The van der Waals surface area contributed by atoms with Crippen LogP contribution in [-0.4, -0.2) is 44.2 Å². The van der Waals surface area contributed by atoms with Crippen molar-refractivity contribution in [2.75, 3.05) is 44.0 Å². The number of aromatic nitrogens is 1. The quantitative estimate of drug-likeness (QED) is 0.705. The molecule has 0 bridgehead atoms. The Hall–Kier alpha value is -1.34. The lowest BCUT2D eigenvalue weighted by atomic mass is 10.4. The maximum atomic E-state index is 11.9. The Morgan fingerprint density at radius 3 is 2.89 bits per heavy atom. The van der Waals surface area contributed by atoms with Crippen LogP contribution in [0.25, 0.3) is 0 Å². The van der Waals surface area contributed by atoms with Crippen molar-refractivity contribution in [3.8, 4) is 0 Å². The van der Waals surface area contributed by atoms with Gasteiger partial charge in [-0.25, -0.2) is 4.98 Å². The van der Waals surface area contributed by atoms with Crippen molar-refractivity contribution < 1.29 is 9.53 Å². The minimum atomic E-state index is -0.189. The van der Waals surface area contributed by atoms with E-state index in [1.807, 2.05) is 18.9 Å². The third-order valence-corrected chi connectivity index (χ3v) is 3.65. The first-order valence-electron chi connectivity index (χ1n) is 6.43. The molecule has 108 valence electrons. The van der Waals surface area contributed by atoms with E-state index in [4.69, 9.17) is 10.5 Å². The van der Waals surface area contributed by atoms with Gasteiger partial charge in [-0.3, -0.25) is 4.79 Å². The van der Waals surface area contributed by atoms with Crippen molar-refractivity contribution >= 4 is 28.2 Å². The van der Waals surface area contributed by atoms with E-state index in [0.29, 0.717) is 24.6 Å². The Morgan fingerprint density at radius 1 is 1.53 bits per heavy atom. The molecule has 1 amide bonds. The van der Waals surface area contributed by atoms with E-state index in [1.165, 1.54) is 11.3 Å². The van der Waals surface area contributed by atoms with Gasteiger partial charge in [-0.15, -0.1) is 0 Å². The molecule has 19 heavy (non-hydrogen) atoms. The Labute approximate surface area is 118 Å². The summed E-state index contributed by atoms with van der Waals surface area (Å²) in [5, 5.41) is 3.54. The SMILES string of the molecule is CCCN(C)c1nc(N)c(C(=O)NCCOCC)s1. The van der Waals surface area contributed by atoms with Gasteiger partial charge < -0.3 is 20.7 Å². The molecule has 1 rings (SSSR count). The van der Waals surface area contributed by atoms with Crippen molar-refractivity contribution in [2.24, 2.45) is 0 Å². The highest BCUT2D eigenvalue weighted by Crippen LogP contribution is 2.27. The fourth-order valence-corrected chi connectivity index (χ4v) is 2.43. The number of thiazole rings is 1. The smallest absolute Gasteiger partial charge is 0.265 e. The Balaban J connectivity index is 2.60. The summed E-state index contributed by atoms with van der Waals surface area (Å²) in [7, 11) is 1.94. The molecule has 0 atom stereocenters. The van der Waals surface area contributed by atoms with Crippen LogP contribution in [0.1, 0.15) is 29.9 Å². The number of rotatable bonds is 8. The lowest BCUT2D eigenvalue weighted by Gasteiger charge is -2.13. The van der Waals surface area contributed by atoms with E-state index in [2.05, 4.69) is 17.2 Å². The van der Waals surface area contributed by atoms with Gasteiger partial charge in [0.15, 0.2) is 5.13 Å². The van der Waals surface area contributed by atoms with Crippen LogP contribution in [0.3, 0.4) is 0 Å². The van der Waals surface area contributed by atoms with E-state index in [9.17, 15) is 4.79 Å². The molecule has 0 fully saturated rings. The number of amides is 1. The zero-order valence-corrected chi connectivity index (χ0v) is 12.5. The average Bonchev–Trinajstić information content (AvgIpc) is 2.77. The van der Waals surface area contributed by atoms with Crippen LogP contribution in [0.15, 0.2) is 0 Å². The standard InChI is InChI=1S/C12H22N4O2S/c1-4-7-16(3)12-15-10(13)9(19-12)11(17)14-6-8-18-5-2/h4-8,13H2,1-3H3,(H,14,17). The largest absolute Gasteiger partial charge is 0.382 e. The number of anilines is 2. The predicted octanol–water partition coefficient (Wildman–Crippen LogP) is 1.34. The van der Waals surface area contributed by atoms with Crippen LogP contribution in [0.5, 0.6) is 0 Å². The molecule has 0 saturated heterocycles. The number of hydrogen-bond acceptors (Lipinski definition) is 6. The minimum Gasteiger partial charge on any atom is -0.382 e. The van der Waals surface area contributed by atoms with Crippen molar-refractivity contribution in [2.45, 2.75) is 20.3 Å². The van der Waals surface area contributed by atoms with E-state index >= 15 is 0 Å². The van der Waals surface area contributed by atoms with Crippen LogP contribution in [-0.2, 0) is 4.74 Å². The predicted molar refractivity (Wildman–Crippen MR) is 78.9 cm³/mol. The molecular weight excluding hydrogens is 264 g/mol. The zero-order chi connectivity index (χ0) is 14.3. The zero-order valence-electron chi connectivity index (χ0n) is 11.7. The molecule has 0 aliphatic rings. The third-order valence-electron chi connectivity index (χ3n) is 2.47. The number of nitrogens with two attached hydrogens (primary N) is 1. The van der Waals surface area contributed by atoms with Crippen LogP contribution in [0, 0.1) is 0 Å². The second-order valence-electron chi connectivity index (χ2n) is 4.09. The lowest BCUT2D eigenvalue weighted by Crippen LogP contribution is -2.27. The molecule has 0 spiro atoms. The summed E-state index contributed by atoms with van der Waals surface area (Å²) in [5.41, 5.74) is 5.79. The van der Waals surface area contributed by atoms with Gasteiger partial charge in [0.1, 0.15) is 10.7 Å². The van der Waals surface area contributed by atoms with Crippen LogP contribution in [0.4, 0.5) is 10.9 Å². The second-order valence-corrected chi connectivity index (χ2v) is 5.06. The molecule has 1 aromatic rings. The summed E-state index contributed by atoms with van der Waals surface area (Å²) in [5.74, 6) is 0.0997. The first kappa shape index (κ1) is 15.7. The van der Waals surface area contributed by atoms with Crippen molar-refractivity contribution in [1.29, 1.82) is 0 Å². The Morgan fingerprint density at radius 2 is 2.26 bits per heavy atom. The summed E-state index contributed by atoms with van der Waals surface area (Å²) in [4.78, 5) is 18.6. The molecule has 0 unspecified atom stereocenters. The normalized spacial score (nSPS) is 10.5. The molecule has 3 N–H and O–H groups in total. The molecular formula is C12H22N4O2S. The monoisotopic (exact) mass is 286 g/mol.